The molecule has 0 radical (unpaired) electrons. The number of carbonyl (C=O) groups excluding carboxylic acids is 2. The second-order valence-electron chi connectivity index (χ2n) is 6.83. The Morgan fingerprint density at radius 3 is 2.12 bits per heavy atom. The van der Waals surface area contributed by atoms with Gasteiger partial charge < -0.3 is 10.6 Å². The highest BCUT2D eigenvalue weighted by molar-refractivity contribution is 6.35. The lowest BCUT2D eigenvalue weighted by Crippen LogP contribution is -2.21. The van der Waals surface area contributed by atoms with E-state index in [0.717, 1.165) is 22.4 Å². The standard InChI is InChI=1S/C20H20Cl2N2O2/c1-10-6-11(2)18(12(3)7-10)24-20(26)15-9-14(15)19(25)23-17-8-13(21)4-5-16(17)22/h4-8,14-15H,9H2,1-3H3,(H,23,25)(H,24,26). The second-order valence-corrected chi connectivity index (χ2v) is 7.67. The quantitative estimate of drug-likeness (QED) is 0.759. The first kappa shape index (κ1) is 18.7. The minimum Gasteiger partial charge on any atom is -0.325 e. The summed E-state index contributed by atoms with van der Waals surface area (Å²) < 4.78 is 0. The minimum atomic E-state index is -0.351. The molecule has 136 valence electrons. The van der Waals surface area contributed by atoms with Gasteiger partial charge >= 0.3 is 0 Å². The van der Waals surface area contributed by atoms with Crippen LogP contribution in [0, 0.1) is 32.6 Å². The fourth-order valence-electron chi connectivity index (χ4n) is 3.19. The van der Waals surface area contributed by atoms with E-state index in [-0.39, 0.29) is 23.7 Å². The molecule has 2 aromatic carbocycles. The summed E-state index contributed by atoms with van der Waals surface area (Å²) in [7, 11) is 0. The van der Waals surface area contributed by atoms with Crippen LogP contribution in [-0.2, 0) is 9.59 Å². The van der Waals surface area contributed by atoms with Crippen LogP contribution in [0.1, 0.15) is 23.1 Å². The van der Waals surface area contributed by atoms with E-state index >= 15 is 0 Å². The lowest BCUT2D eigenvalue weighted by atomic mass is 10.0. The Labute approximate surface area is 162 Å². The number of rotatable bonds is 4. The summed E-state index contributed by atoms with van der Waals surface area (Å²) in [6.45, 7) is 5.95. The van der Waals surface area contributed by atoms with E-state index in [2.05, 4.69) is 10.6 Å². The van der Waals surface area contributed by atoms with E-state index in [4.69, 9.17) is 23.2 Å². The van der Waals surface area contributed by atoms with Crippen LogP contribution < -0.4 is 10.6 Å². The summed E-state index contributed by atoms with van der Waals surface area (Å²) in [6.07, 6.45) is 0.528. The number of nitrogens with one attached hydrogen (secondary N) is 2. The van der Waals surface area contributed by atoms with Crippen LogP contribution >= 0.6 is 23.2 Å². The van der Waals surface area contributed by atoms with Gasteiger partial charge in [-0.3, -0.25) is 9.59 Å². The lowest BCUT2D eigenvalue weighted by Gasteiger charge is -2.13. The maximum absolute atomic E-state index is 12.5. The topological polar surface area (TPSA) is 58.2 Å². The molecular formula is C20H20Cl2N2O2. The van der Waals surface area contributed by atoms with Gasteiger partial charge in [-0.2, -0.15) is 0 Å². The molecule has 0 aliphatic heterocycles. The fraction of sp³-hybridized carbons (Fsp3) is 0.300. The SMILES string of the molecule is Cc1cc(C)c(NC(=O)C2CC2C(=O)Nc2cc(Cl)ccc2Cl)c(C)c1. The van der Waals surface area contributed by atoms with Crippen molar-refractivity contribution in [1.82, 2.24) is 0 Å². The Morgan fingerprint density at radius 1 is 0.923 bits per heavy atom. The molecule has 2 aromatic rings. The van der Waals surface area contributed by atoms with E-state index < -0.39 is 0 Å². The largest absolute Gasteiger partial charge is 0.325 e. The van der Waals surface area contributed by atoms with Crippen molar-refractivity contribution in [3.63, 3.8) is 0 Å². The number of anilines is 2. The van der Waals surface area contributed by atoms with Gasteiger partial charge in [-0.05, 0) is 56.5 Å². The van der Waals surface area contributed by atoms with Gasteiger partial charge in [0, 0.05) is 10.7 Å². The summed E-state index contributed by atoms with van der Waals surface area (Å²) in [5.74, 6) is -1.02. The van der Waals surface area contributed by atoms with Gasteiger partial charge in [-0.1, -0.05) is 40.9 Å². The van der Waals surface area contributed by atoms with E-state index in [0.29, 0.717) is 22.2 Å². The van der Waals surface area contributed by atoms with Crippen molar-refractivity contribution in [3.05, 3.63) is 57.1 Å². The van der Waals surface area contributed by atoms with Crippen LogP contribution in [0.15, 0.2) is 30.3 Å². The molecule has 0 bridgehead atoms. The first-order chi connectivity index (χ1) is 12.3. The number of hydrogen-bond acceptors (Lipinski definition) is 2. The molecule has 0 heterocycles. The van der Waals surface area contributed by atoms with Crippen molar-refractivity contribution in [2.75, 3.05) is 10.6 Å². The molecule has 1 fully saturated rings. The maximum atomic E-state index is 12.5. The lowest BCUT2D eigenvalue weighted by molar-refractivity contribution is -0.122. The van der Waals surface area contributed by atoms with Crippen LogP contribution in [0.3, 0.4) is 0 Å². The third-order valence-electron chi connectivity index (χ3n) is 4.58. The van der Waals surface area contributed by atoms with E-state index in [1.54, 1.807) is 18.2 Å². The Morgan fingerprint density at radius 2 is 1.50 bits per heavy atom. The summed E-state index contributed by atoms with van der Waals surface area (Å²) in [4.78, 5) is 24.9. The first-order valence-corrected chi connectivity index (χ1v) is 9.16. The van der Waals surface area contributed by atoms with Crippen molar-refractivity contribution < 1.29 is 9.59 Å². The average Bonchev–Trinajstić information content (AvgIpc) is 3.35. The Hall–Kier alpha value is -2.04. The molecule has 3 rings (SSSR count). The zero-order valence-corrected chi connectivity index (χ0v) is 16.3. The van der Waals surface area contributed by atoms with Crippen molar-refractivity contribution in [2.45, 2.75) is 27.2 Å². The number of benzene rings is 2. The van der Waals surface area contributed by atoms with Gasteiger partial charge in [0.1, 0.15) is 0 Å². The summed E-state index contributed by atoms with van der Waals surface area (Å²) in [5.41, 5.74) is 4.47. The third kappa shape index (κ3) is 4.02. The molecule has 1 aliphatic carbocycles. The number of halogens is 2. The monoisotopic (exact) mass is 390 g/mol. The molecule has 4 nitrogen and oxygen atoms in total. The Kier molecular flexibility index (Phi) is 5.26. The highest BCUT2D eigenvalue weighted by atomic mass is 35.5. The van der Waals surface area contributed by atoms with Gasteiger partial charge in [-0.15, -0.1) is 0 Å². The molecule has 2 atom stereocenters. The van der Waals surface area contributed by atoms with E-state index in [1.807, 2.05) is 32.9 Å². The van der Waals surface area contributed by atoms with E-state index in [1.165, 1.54) is 0 Å². The van der Waals surface area contributed by atoms with Crippen LogP contribution in [-0.4, -0.2) is 11.8 Å². The smallest absolute Gasteiger partial charge is 0.228 e. The number of amides is 2. The Balaban J connectivity index is 1.64. The van der Waals surface area contributed by atoms with Gasteiger partial charge in [0.15, 0.2) is 0 Å². The summed E-state index contributed by atoms with van der Waals surface area (Å²) >= 11 is 12.0. The zero-order valence-electron chi connectivity index (χ0n) is 14.8. The third-order valence-corrected chi connectivity index (χ3v) is 5.14. The predicted molar refractivity (Wildman–Crippen MR) is 106 cm³/mol. The molecular weight excluding hydrogens is 371 g/mol. The molecule has 2 N–H and O–H groups in total. The highest BCUT2D eigenvalue weighted by Gasteiger charge is 2.48. The number of carbonyl (C=O) groups is 2. The summed E-state index contributed by atoms with van der Waals surface area (Å²) in [5, 5.41) is 6.63. The van der Waals surface area contributed by atoms with Crippen LogP contribution in [0.4, 0.5) is 11.4 Å². The number of aryl methyl sites for hydroxylation is 3. The molecule has 0 saturated heterocycles. The number of hydrogen-bond donors (Lipinski definition) is 2. The maximum Gasteiger partial charge on any atom is 0.228 e. The summed E-state index contributed by atoms with van der Waals surface area (Å²) in [6, 6.07) is 8.93. The second kappa shape index (κ2) is 7.29. The normalized spacial score (nSPS) is 18.3. The highest BCUT2D eigenvalue weighted by Crippen LogP contribution is 2.41. The average molecular weight is 391 g/mol. The Bertz CT molecular complexity index is 872. The minimum absolute atomic E-state index is 0.127. The van der Waals surface area contributed by atoms with Crippen LogP contribution in [0.25, 0.3) is 0 Å². The van der Waals surface area contributed by atoms with Crippen molar-refractivity contribution in [3.8, 4) is 0 Å². The molecule has 2 unspecified atom stereocenters. The molecule has 0 spiro atoms. The first-order valence-electron chi connectivity index (χ1n) is 8.41. The van der Waals surface area contributed by atoms with Gasteiger partial charge in [0.05, 0.1) is 22.5 Å². The van der Waals surface area contributed by atoms with Gasteiger partial charge in [0.25, 0.3) is 0 Å². The molecule has 6 heteroatoms. The van der Waals surface area contributed by atoms with Gasteiger partial charge in [0.2, 0.25) is 11.8 Å². The van der Waals surface area contributed by atoms with Gasteiger partial charge in [-0.25, -0.2) is 0 Å². The zero-order chi connectivity index (χ0) is 19.0. The molecule has 2 amide bonds. The molecule has 1 saturated carbocycles. The predicted octanol–water partition coefficient (Wildman–Crippen LogP) is 5.13. The van der Waals surface area contributed by atoms with E-state index in [9.17, 15) is 9.59 Å². The molecule has 0 aromatic heterocycles. The van der Waals surface area contributed by atoms with Crippen molar-refractivity contribution in [1.29, 1.82) is 0 Å². The molecule has 26 heavy (non-hydrogen) atoms. The van der Waals surface area contributed by atoms with Crippen LogP contribution in [0.5, 0.6) is 0 Å². The van der Waals surface area contributed by atoms with Crippen LogP contribution in [0.2, 0.25) is 10.0 Å². The van der Waals surface area contributed by atoms with Crippen molar-refractivity contribution in [2.24, 2.45) is 11.8 Å². The fourth-order valence-corrected chi connectivity index (χ4v) is 3.52. The van der Waals surface area contributed by atoms with Crippen molar-refractivity contribution >= 4 is 46.4 Å². The molecule has 1 aliphatic rings.